The monoisotopic (exact) mass is 334 g/mol. The standard InChI is InChI=1S/C14H14N4O4S/c1-8(2)6-17-12(19)13(20)18(14(17)21)7-10-15-11(16-22-10)9-4-3-5-23-9/h3-5,8H,6-7H2,1-2H3. The normalized spacial score (nSPS) is 15.3. The fourth-order valence-corrected chi connectivity index (χ4v) is 2.83. The number of amides is 4. The van der Waals surface area contributed by atoms with Crippen molar-refractivity contribution in [1.29, 1.82) is 0 Å². The number of urea groups is 1. The van der Waals surface area contributed by atoms with E-state index < -0.39 is 17.8 Å². The lowest BCUT2D eigenvalue weighted by molar-refractivity contribution is -0.143. The van der Waals surface area contributed by atoms with Crippen LogP contribution < -0.4 is 0 Å². The van der Waals surface area contributed by atoms with E-state index in [1.807, 2.05) is 31.4 Å². The average Bonchev–Trinajstić information content (AvgIpc) is 3.21. The molecule has 0 saturated carbocycles. The van der Waals surface area contributed by atoms with Crippen molar-refractivity contribution >= 4 is 29.2 Å². The van der Waals surface area contributed by atoms with E-state index in [0.717, 1.165) is 14.7 Å². The molecule has 0 N–H and O–H groups in total. The summed E-state index contributed by atoms with van der Waals surface area (Å²) >= 11 is 1.45. The molecule has 1 fully saturated rings. The highest BCUT2D eigenvalue weighted by Gasteiger charge is 2.45. The largest absolute Gasteiger partial charge is 0.337 e. The predicted molar refractivity (Wildman–Crippen MR) is 80.1 cm³/mol. The molecule has 9 heteroatoms. The van der Waals surface area contributed by atoms with E-state index in [0.29, 0.717) is 5.82 Å². The van der Waals surface area contributed by atoms with Gasteiger partial charge in [-0.15, -0.1) is 11.3 Å². The van der Waals surface area contributed by atoms with Crippen LogP contribution in [0, 0.1) is 5.92 Å². The van der Waals surface area contributed by atoms with Gasteiger partial charge in [0, 0.05) is 6.54 Å². The highest BCUT2D eigenvalue weighted by molar-refractivity contribution is 7.13. The molecule has 3 heterocycles. The molecule has 1 saturated heterocycles. The van der Waals surface area contributed by atoms with E-state index in [1.54, 1.807) is 0 Å². The first-order valence-electron chi connectivity index (χ1n) is 7.01. The fraction of sp³-hybridized carbons (Fsp3) is 0.357. The van der Waals surface area contributed by atoms with Crippen LogP contribution in [0.15, 0.2) is 22.0 Å². The summed E-state index contributed by atoms with van der Waals surface area (Å²) in [5, 5.41) is 5.69. The molecule has 0 unspecified atom stereocenters. The summed E-state index contributed by atoms with van der Waals surface area (Å²) in [6.45, 7) is 3.71. The molecule has 2 aromatic heterocycles. The fourth-order valence-electron chi connectivity index (χ4n) is 2.18. The molecule has 23 heavy (non-hydrogen) atoms. The molecule has 4 amide bonds. The van der Waals surface area contributed by atoms with Crippen molar-refractivity contribution in [1.82, 2.24) is 19.9 Å². The first-order chi connectivity index (χ1) is 11.0. The molecule has 1 aliphatic heterocycles. The van der Waals surface area contributed by atoms with Crippen LogP contribution >= 0.6 is 11.3 Å². The number of carbonyl (C=O) groups excluding carboxylic acids is 3. The lowest BCUT2D eigenvalue weighted by Crippen LogP contribution is -2.35. The minimum Gasteiger partial charge on any atom is -0.337 e. The van der Waals surface area contributed by atoms with Crippen molar-refractivity contribution in [3.8, 4) is 10.7 Å². The number of imide groups is 2. The van der Waals surface area contributed by atoms with Crippen LogP contribution in [0.4, 0.5) is 4.79 Å². The second kappa shape index (κ2) is 5.92. The van der Waals surface area contributed by atoms with E-state index in [1.165, 1.54) is 11.3 Å². The zero-order valence-electron chi connectivity index (χ0n) is 12.6. The summed E-state index contributed by atoms with van der Waals surface area (Å²) in [6, 6.07) is 3.04. The molecule has 8 nitrogen and oxygen atoms in total. The maximum Gasteiger partial charge on any atom is 0.334 e. The average molecular weight is 334 g/mol. The Balaban J connectivity index is 1.76. The second-order valence-electron chi connectivity index (χ2n) is 5.47. The van der Waals surface area contributed by atoms with E-state index >= 15 is 0 Å². The van der Waals surface area contributed by atoms with Gasteiger partial charge in [0.05, 0.1) is 4.88 Å². The Hall–Kier alpha value is -2.55. The molecule has 0 spiro atoms. The summed E-state index contributed by atoms with van der Waals surface area (Å²) in [6.07, 6.45) is 0. The van der Waals surface area contributed by atoms with Crippen molar-refractivity contribution in [2.75, 3.05) is 6.54 Å². The van der Waals surface area contributed by atoms with Gasteiger partial charge in [-0.1, -0.05) is 25.1 Å². The quantitative estimate of drug-likeness (QED) is 0.610. The zero-order chi connectivity index (χ0) is 16.6. The lowest BCUT2D eigenvalue weighted by Gasteiger charge is -2.15. The summed E-state index contributed by atoms with van der Waals surface area (Å²) in [4.78, 5) is 42.8. The molecule has 0 atom stereocenters. The van der Waals surface area contributed by atoms with Gasteiger partial charge < -0.3 is 4.52 Å². The smallest absolute Gasteiger partial charge is 0.334 e. The van der Waals surface area contributed by atoms with Crippen LogP contribution in [-0.4, -0.2) is 44.3 Å². The molecular weight excluding hydrogens is 320 g/mol. The van der Waals surface area contributed by atoms with Crippen LogP contribution in [0.1, 0.15) is 19.7 Å². The minimum absolute atomic E-state index is 0.0736. The Bertz CT molecular complexity index is 753. The van der Waals surface area contributed by atoms with Crippen LogP contribution in [0.3, 0.4) is 0 Å². The molecule has 2 aromatic rings. The Morgan fingerprint density at radius 2 is 1.96 bits per heavy atom. The van der Waals surface area contributed by atoms with Gasteiger partial charge in [-0.25, -0.2) is 9.69 Å². The first-order valence-corrected chi connectivity index (χ1v) is 7.89. The van der Waals surface area contributed by atoms with Gasteiger partial charge in [0.15, 0.2) is 0 Å². The van der Waals surface area contributed by atoms with Crippen molar-refractivity contribution in [3.05, 3.63) is 23.4 Å². The molecule has 0 aliphatic carbocycles. The van der Waals surface area contributed by atoms with Gasteiger partial charge in [-0.2, -0.15) is 4.98 Å². The van der Waals surface area contributed by atoms with Gasteiger partial charge in [0.2, 0.25) is 11.7 Å². The van der Waals surface area contributed by atoms with E-state index in [2.05, 4.69) is 10.1 Å². The molecule has 0 bridgehead atoms. The van der Waals surface area contributed by atoms with Crippen molar-refractivity contribution < 1.29 is 18.9 Å². The Morgan fingerprint density at radius 3 is 2.61 bits per heavy atom. The number of hydrogen-bond donors (Lipinski definition) is 0. The Labute approximate surface area is 135 Å². The third-order valence-electron chi connectivity index (χ3n) is 3.19. The molecular formula is C14H14N4O4S. The highest BCUT2D eigenvalue weighted by atomic mass is 32.1. The Kier molecular flexibility index (Phi) is 3.95. The molecule has 3 rings (SSSR count). The van der Waals surface area contributed by atoms with Crippen molar-refractivity contribution in [2.45, 2.75) is 20.4 Å². The van der Waals surface area contributed by atoms with Crippen molar-refractivity contribution in [2.24, 2.45) is 5.92 Å². The SMILES string of the molecule is CC(C)CN1C(=O)C(=O)N(Cc2nc(-c3cccs3)no2)C1=O. The van der Waals surface area contributed by atoms with Gasteiger partial charge in [0.1, 0.15) is 6.54 Å². The predicted octanol–water partition coefficient (Wildman–Crippen LogP) is 1.74. The summed E-state index contributed by atoms with van der Waals surface area (Å²) in [5.41, 5.74) is 0. The van der Waals surface area contributed by atoms with Crippen molar-refractivity contribution in [3.63, 3.8) is 0 Å². The summed E-state index contributed by atoms with van der Waals surface area (Å²) in [7, 11) is 0. The van der Waals surface area contributed by atoms with Gasteiger partial charge >= 0.3 is 17.8 Å². The van der Waals surface area contributed by atoms with E-state index in [-0.39, 0.29) is 24.9 Å². The van der Waals surface area contributed by atoms with E-state index in [9.17, 15) is 14.4 Å². The number of carbonyl (C=O) groups is 3. The molecule has 1 aliphatic rings. The maximum atomic E-state index is 12.2. The van der Waals surface area contributed by atoms with Gasteiger partial charge in [0.25, 0.3) is 0 Å². The second-order valence-corrected chi connectivity index (χ2v) is 6.42. The molecule has 0 aromatic carbocycles. The Morgan fingerprint density at radius 1 is 1.22 bits per heavy atom. The number of aromatic nitrogens is 2. The first kappa shape index (κ1) is 15.3. The third kappa shape index (κ3) is 2.87. The number of thiophene rings is 1. The number of hydrogen-bond acceptors (Lipinski definition) is 7. The van der Waals surface area contributed by atoms with Gasteiger partial charge in [-0.05, 0) is 17.4 Å². The van der Waals surface area contributed by atoms with E-state index in [4.69, 9.17) is 4.52 Å². The molecule has 0 radical (unpaired) electrons. The summed E-state index contributed by atoms with van der Waals surface area (Å²) < 4.78 is 5.07. The zero-order valence-corrected chi connectivity index (χ0v) is 13.4. The lowest BCUT2D eigenvalue weighted by atomic mass is 10.2. The minimum atomic E-state index is -0.869. The summed E-state index contributed by atoms with van der Waals surface area (Å²) in [5.74, 6) is -1.12. The topological polar surface area (TPSA) is 96.6 Å². The molecule has 120 valence electrons. The van der Waals surface area contributed by atoms with Gasteiger partial charge in [-0.3, -0.25) is 14.5 Å². The number of nitrogens with zero attached hydrogens (tertiary/aromatic N) is 4. The van der Waals surface area contributed by atoms with Crippen LogP contribution in [0.5, 0.6) is 0 Å². The maximum absolute atomic E-state index is 12.2. The van der Waals surface area contributed by atoms with Crippen LogP contribution in [-0.2, 0) is 16.1 Å². The van der Waals surface area contributed by atoms with Crippen LogP contribution in [0.2, 0.25) is 0 Å². The number of rotatable bonds is 5. The highest BCUT2D eigenvalue weighted by Crippen LogP contribution is 2.22. The van der Waals surface area contributed by atoms with Crippen LogP contribution in [0.25, 0.3) is 10.7 Å². The third-order valence-corrected chi connectivity index (χ3v) is 4.05.